The van der Waals surface area contributed by atoms with E-state index in [-0.39, 0.29) is 6.04 Å². The summed E-state index contributed by atoms with van der Waals surface area (Å²) in [5.74, 6) is 1.48. The Morgan fingerprint density at radius 3 is 2.48 bits per heavy atom. The summed E-state index contributed by atoms with van der Waals surface area (Å²) in [6.07, 6.45) is 0.102. The molecule has 2 N–H and O–H groups in total. The molecule has 1 atom stereocenters. The van der Waals surface area contributed by atoms with E-state index in [1.807, 2.05) is 69.3 Å². The molecule has 0 aliphatic heterocycles. The van der Waals surface area contributed by atoms with E-state index < -0.39 is 11.7 Å². The summed E-state index contributed by atoms with van der Waals surface area (Å²) in [4.78, 5) is 20.3. The second kappa shape index (κ2) is 7.70. The molecule has 1 amide bonds. The predicted octanol–water partition coefficient (Wildman–Crippen LogP) is 4.38. The minimum Gasteiger partial charge on any atom is -0.497 e. The lowest BCUT2D eigenvalue weighted by Gasteiger charge is -2.23. The fraction of sp³-hybridized carbons (Fsp3) is 0.333. The molecule has 3 aromatic rings. The Bertz CT molecular complexity index is 877. The molecule has 0 fully saturated rings. The number of aromatic nitrogens is 2. The Morgan fingerprint density at radius 2 is 1.85 bits per heavy atom. The first kappa shape index (κ1) is 18.8. The van der Waals surface area contributed by atoms with Gasteiger partial charge in [0, 0.05) is 6.42 Å². The number of nitrogens with zero attached hydrogens (tertiary/aromatic N) is 1. The van der Waals surface area contributed by atoms with Crippen molar-refractivity contribution in [1.82, 2.24) is 15.3 Å². The zero-order valence-corrected chi connectivity index (χ0v) is 16.1. The van der Waals surface area contributed by atoms with Crippen LogP contribution in [0.2, 0.25) is 0 Å². The van der Waals surface area contributed by atoms with E-state index in [2.05, 4.69) is 15.3 Å². The molecule has 0 saturated carbocycles. The summed E-state index contributed by atoms with van der Waals surface area (Å²) >= 11 is 0. The number of benzene rings is 2. The minimum atomic E-state index is -0.567. The highest BCUT2D eigenvalue weighted by atomic mass is 16.6. The van der Waals surface area contributed by atoms with Gasteiger partial charge in [-0.25, -0.2) is 9.78 Å². The maximum Gasteiger partial charge on any atom is 0.408 e. The number of fused-ring (bicyclic) bond motifs is 1. The van der Waals surface area contributed by atoms with Crippen LogP contribution in [0, 0.1) is 0 Å². The average molecular weight is 367 g/mol. The average Bonchev–Trinajstić information content (AvgIpc) is 3.04. The molecule has 1 heterocycles. The van der Waals surface area contributed by atoms with Crippen LogP contribution in [0.1, 0.15) is 38.2 Å². The third-order valence-electron chi connectivity index (χ3n) is 4.03. The molecular weight excluding hydrogens is 342 g/mol. The van der Waals surface area contributed by atoms with Crippen molar-refractivity contribution >= 4 is 17.1 Å². The van der Waals surface area contributed by atoms with Gasteiger partial charge in [-0.15, -0.1) is 0 Å². The van der Waals surface area contributed by atoms with Crippen molar-refractivity contribution in [3.05, 3.63) is 59.9 Å². The van der Waals surface area contributed by atoms with Crippen molar-refractivity contribution in [2.45, 2.75) is 38.8 Å². The highest BCUT2D eigenvalue weighted by molar-refractivity contribution is 5.75. The van der Waals surface area contributed by atoms with E-state index >= 15 is 0 Å². The van der Waals surface area contributed by atoms with Gasteiger partial charge in [-0.3, -0.25) is 0 Å². The van der Waals surface area contributed by atoms with Gasteiger partial charge in [-0.2, -0.15) is 0 Å². The first-order chi connectivity index (χ1) is 12.8. The molecule has 1 aromatic heterocycles. The zero-order chi connectivity index (χ0) is 19.4. The zero-order valence-electron chi connectivity index (χ0n) is 16.1. The molecule has 0 saturated heterocycles. The molecule has 142 valence electrons. The van der Waals surface area contributed by atoms with Crippen LogP contribution in [0.4, 0.5) is 4.79 Å². The van der Waals surface area contributed by atoms with Crippen molar-refractivity contribution in [1.29, 1.82) is 0 Å². The predicted molar refractivity (Wildman–Crippen MR) is 105 cm³/mol. The topological polar surface area (TPSA) is 76.2 Å². The summed E-state index contributed by atoms with van der Waals surface area (Å²) in [5.41, 5.74) is 2.27. The van der Waals surface area contributed by atoms with Crippen LogP contribution in [0.25, 0.3) is 11.0 Å². The number of aromatic amines is 1. The van der Waals surface area contributed by atoms with Gasteiger partial charge in [0.15, 0.2) is 0 Å². The molecule has 0 spiro atoms. The van der Waals surface area contributed by atoms with Crippen LogP contribution >= 0.6 is 0 Å². The Hall–Kier alpha value is -3.02. The third kappa shape index (κ3) is 5.00. The van der Waals surface area contributed by atoms with Crippen molar-refractivity contribution in [2.75, 3.05) is 7.11 Å². The summed E-state index contributed by atoms with van der Waals surface area (Å²) < 4.78 is 10.6. The number of rotatable bonds is 5. The Kier molecular flexibility index (Phi) is 5.35. The van der Waals surface area contributed by atoms with Gasteiger partial charge in [0.1, 0.15) is 17.2 Å². The quantitative estimate of drug-likeness (QED) is 0.702. The number of ether oxygens (including phenoxy) is 2. The fourth-order valence-electron chi connectivity index (χ4n) is 2.80. The van der Waals surface area contributed by atoms with E-state index in [0.29, 0.717) is 12.2 Å². The molecule has 0 unspecified atom stereocenters. The first-order valence-electron chi connectivity index (χ1n) is 8.91. The van der Waals surface area contributed by atoms with E-state index in [1.165, 1.54) is 0 Å². The highest BCUT2D eigenvalue weighted by Crippen LogP contribution is 2.22. The van der Waals surface area contributed by atoms with Gasteiger partial charge in [-0.1, -0.05) is 24.3 Å². The van der Waals surface area contributed by atoms with Crippen LogP contribution in [-0.2, 0) is 11.2 Å². The van der Waals surface area contributed by atoms with Gasteiger partial charge < -0.3 is 19.8 Å². The molecule has 3 rings (SSSR count). The van der Waals surface area contributed by atoms with Crippen molar-refractivity contribution in [3.63, 3.8) is 0 Å². The number of para-hydroxylation sites is 2. The summed E-state index contributed by atoms with van der Waals surface area (Å²) in [5, 5.41) is 2.94. The number of hydrogen-bond donors (Lipinski definition) is 2. The number of imidazole rings is 1. The maximum absolute atomic E-state index is 12.4. The monoisotopic (exact) mass is 367 g/mol. The van der Waals surface area contributed by atoms with Gasteiger partial charge in [-0.05, 0) is 50.6 Å². The summed E-state index contributed by atoms with van der Waals surface area (Å²) in [6.45, 7) is 5.52. The fourth-order valence-corrected chi connectivity index (χ4v) is 2.80. The largest absolute Gasteiger partial charge is 0.497 e. The SMILES string of the molecule is COc1ccc(C[C@H](NC(=O)OC(C)(C)C)c2nc3ccccc3[nH]2)cc1. The van der Waals surface area contributed by atoms with E-state index in [0.717, 1.165) is 22.3 Å². The van der Waals surface area contributed by atoms with Gasteiger partial charge in [0.05, 0.1) is 24.2 Å². The van der Waals surface area contributed by atoms with Crippen LogP contribution in [0.3, 0.4) is 0 Å². The molecule has 27 heavy (non-hydrogen) atoms. The molecule has 6 heteroatoms. The van der Waals surface area contributed by atoms with Crippen LogP contribution < -0.4 is 10.1 Å². The Labute approximate surface area is 158 Å². The van der Waals surface area contributed by atoms with Crippen molar-refractivity contribution in [2.24, 2.45) is 0 Å². The maximum atomic E-state index is 12.4. The Balaban J connectivity index is 1.86. The number of carbonyl (C=O) groups excluding carboxylic acids is 1. The van der Waals surface area contributed by atoms with Gasteiger partial charge >= 0.3 is 6.09 Å². The number of nitrogens with one attached hydrogen (secondary N) is 2. The normalized spacial score (nSPS) is 12.6. The lowest BCUT2D eigenvalue weighted by atomic mass is 10.1. The van der Waals surface area contributed by atoms with Crippen LogP contribution in [0.5, 0.6) is 5.75 Å². The van der Waals surface area contributed by atoms with Gasteiger partial charge in [0.2, 0.25) is 0 Å². The van der Waals surface area contributed by atoms with E-state index in [1.54, 1.807) is 7.11 Å². The lowest BCUT2D eigenvalue weighted by Crippen LogP contribution is -2.36. The lowest BCUT2D eigenvalue weighted by molar-refractivity contribution is 0.0501. The Morgan fingerprint density at radius 1 is 1.15 bits per heavy atom. The molecule has 0 bridgehead atoms. The number of methoxy groups -OCH3 is 1. The molecule has 0 aliphatic rings. The standard InChI is InChI=1S/C21H25N3O3/c1-21(2,3)27-20(25)24-18(13-14-9-11-15(26-4)12-10-14)19-22-16-7-5-6-8-17(16)23-19/h5-12,18H,13H2,1-4H3,(H,22,23)(H,24,25)/t18-/m0/s1. The number of H-pyrrole nitrogens is 1. The number of hydrogen-bond acceptors (Lipinski definition) is 4. The van der Waals surface area contributed by atoms with Gasteiger partial charge in [0.25, 0.3) is 0 Å². The molecule has 0 radical (unpaired) electrons. The van der Waals surface area contributed by atoms with E-state index in [9.17, 15) is 4.79 Å². The summed E-state index contributed by atoms with van der Waals surface area (Å²) in [6, 6.07) is 15.2. The molecule has 2 aromatic carbocycles. The number of carbonyl (C=O) groups is 1. The molecule has 6 nitrogen and oxygen atoms in total. The molecule has 0 aliphatic carbocycles. The third-order valence-corrected chi connectivity index (χ3v) is 4.03. The van der Waals surface area contributed by atoms with Crippen molar-refractivity contribution < 1.29 is 14.3 Å². The summed E-state index contributed by atoms with van der Waals surface area (Å²) in [7, 11) is 1.64. The van der Waals surface area contributed by atoms with E-state index in [4.69, 9.17) is 9.47 Å². The molecular formula is C21H25N3O3. The minimum absolute atomic E-state index is 0.347. The second-order valence-electron chi connectivity index (χ2n) is 7.39. The van der Waals surface area contributed by atoms with Crippen LogP contribution in [-0.4, -0.2) is 28.8 Å². The highest BCUT2D eigenvalue weighted by Gasteiger charge is 2.23. The first-order valence-corrected chi connectivity index (χ1v) is 8.91. The number of amides is 1. The smallest absolute Gasteiger partial charge is 0.408 e. The number of alkyl carbamates (subject to hydrolysis) is 1. The van der Waals surface area contributed by atoms with Crippen molar-refractivity contribution in [3.8, 4) is 5.75 Å². The second-order valence-corrected chi connectivity index (χ2v) is 7.39. The van der Waals surface area contributed by atoms with Crippen LogP contribution in [0.15, 0.2) is 48.5 Å².